The smallest absolute Gasteiger partial charge is 0.0414 e. The van der Waals surface area contributed by atoms with Crippen molar-refractivity contribution in [2.45, 2.75) is 52.5 Å². The third-order valence-corrected chi connectivity index (χ3v) is 4.60. The molecule has 0 spiro atoms. The second kappa shape index (κ2) is 7.68. The van der Waals surface area contributed by atoms with E-state index in [-0.39, 0.29) is 0 Å². The van der Waals surface area contributed by atoms with Gasteiger partial charge in [0.05, 0.1) is 0 Å². The highest BCUT2D eigenvalue weighted by atomic mass is 15.1. The summed E-state index contributed by atoms with van der Waals surface area (Å²) in [5.41, 5.74) is 2.91. The molecule has 0 saturated heterocycles. The predicted molar refractivity (Wildman–Crippen MR) is 88.4 cm³/mol. The quantitative estimate of drug-likeness (QED) is 0.757. The molecular weight excluding hydrogens is 244 g/mol. The zero-order valence-corrected chi connectivity index (χ0v) is 13.4. The van der Waals surface area contributed by atoms with Crippen LogP contribution in [0.1, 0.15) is 58.1 Å². The number of benzene rings is 1. The molecule has 1 aliphatic carbocycles. The molecule has 112 valence electrons. The summed E-state index contributed by atoms with van der Waals surface area (Å²) in [6, 6.07) is 9.44. The molecule has 0 amide bonds. The fourth-order valence-corrected chi connectivity index (χ4v) is 3.18. The predicted octanol–water partition coefficient (Wildman–Crippen LogP) is 4.37. The molecule has 20 heavy (non-hydrogen) atoms. The Morgan fingerprint density at radius 3 is 2.50 bits per heavy atom. The first-order valence-corrected chi connectivity index (χ1v) is 8.37. The summed E-state index contributed by atoms with van der Waals surface area (Å²) >= 11 is 0. The largest absolute Gasteiger partial charge is 0.371 e. The first-order chi connectivity index (χ1) is 9.80. The van der Waals surface area contributed by atoms with Crippen molar-refractivity contribution in [3.05, 3.63) is 29.8 Å². The van der Waals surface area contributed by atoms with Crippen molar-refractivity contribution in [3.63, 3.8) is 0 Å². The van der Waals surface area contributed by atoms with Crippen LogP contribution in [-0.4, -0.2) is 19.6 Å². The first-order valence-electron chi connectivity index (χ1n) is 8.37. The van der Waals surface area contributed by atoms with E-state index in [1.807, 2.05) is 0 Å². The van der Waals surface area contributed by atoms with Gasteiger partial charge in [0.15, 0.2) is 0 Å². The van der Waals surface area contributed by atoms with Crippen LogP contribution in [0.25, 0.3) is 0 Å². The molecule has 1 fully saturated rings. The summed E-state index contributed by atoms with van der Waals surface area (Å²) in [4.78, 5) is 2.58. The molecule has 0 aliphatic heterocycles. The van der Waals surface area contributed by atoms with E-state index in [1.54, 1.807) is 0 Å². The van der Waals surface area contributed by atoms with Crippen LogP contribution in [0.15, 0.2) is 24.3 Å². The van der Waals surface area contributed by atoms with Gasteiger partial charge in [-0.2, -0.15) is 0 Å². The Morgan fingerprint density at radius 2 is 1.95 bits per heavy atom. The summed E-state index contributed by atoms with van der Waals surface area (Å²) in [6.45, 7) is 10.1. The van der Waals surface area contributed by atoms with Gasteiger partial charge in [0.2, 0.25) is 0 Å². The van der Waals surface area contributed by atoms with Gasteiger partial charge < -0.3 is 10.2 Å². The summed E-state index contributed by atoms with van der Waals surface area (Å²) in [6.07, 6.45) is 5.41. The van der Waals surface area contributed by atoms with Crippen molar-refractivity contribution in [3.8, 4) is 0 Å². The van der Waals surface area contributed by atoms with Crippen molar-refractivity contribution < 1.29 is 0 Å². The maximum Gasteiger partial charge on any atom is 0.0414 e. The van der Waals surface area contributed by atoms with Gasteiger partial charge in [-0.25, -0.2) is 0 Å². The standard InChI is InChI=1S/C18H30N2/c1-4-17(19-5-2)16-12-7-8-13-18(16)20(6-3)14-15-10-9-11-15/h7-8,12-13,15,17,19H,4-6,9-11,14H2,1-3H3. The molecule has 0 aromatic heterocycles. The van der Waals surface area contributed by atoms with Gasteiger partial charge in [0.25, 0.3) is 0 Å². The van der Waals surface area contributed by atoms with Crippen LogP contribution >= 0.6 is 0 Å². The van der Waals surface area contributed by atoms with Crippen molar-refractivity contribution in [2.24, 2.45) is 5.92 Å². The molecule has 1 saturated carbocycles. The molecule has 2 nitrogen and oxygen atoms in total. The molecule has 0 heterocycles. The first kappa shape index (κ1) is 15.4. The van der Waals surface area contributed by atoms with E-state index in [4.69, 9.17) is 0 Å². The average Bonchev–Trinajstić information content (AvgIpc) is 2.44. The number of anilines is 1. The molecule has 1 aliphatic rings. The van der Waals surface area contributed by atoms with Crippen molar-refractivity contribution in [1.29, 1.82) is 0 Å². The van der Waals surface area contributed by atoms with Gasteiger partial charge in [-0.15, -0.1) is 0 Å². The highest BCUT2D eigenvalue weighted by molar-refractivity contribution is 5.55. The van der Waals surface area contributed by atoms with Gasteiger partial charge in [-0.1, -0.05) is 38.5 Å². The third-order valence-electron chi connectivity index (χ3n) is 4.60. The van der Waals surface area contributed by atoms with Crippen LogP contribution in [0.4, 0.5) is 5.69 Å². The Bertz CT molecular complexity index is 398. The molecule has 0 radical (unpaired) electrons. The lowest BCUT2D eigenvalue weighted by molar-refractivity contribution is 0.318. The minimum absolute atomic E-state index is 0.478. The lowest BCUT2D eigenvalue weighted by atomic mass is 9.85. The van der Waals surface area contributed by atoms with Crippen LogP contribution in [0.3, 0.4) is 0 Å². The molecule has 1 unspecified atom stereocenters. The average molecular weight is 274 g/mol. The number of hydrogen-bond acceptors (Lipinski definition) is 2. The molecule has 1 atom stereocenters. The molecule has 2 heteroatoms. The minimum atomic E-state index is 0.478. The summed E-state index contributed by atoms with van der Waals surface area (Å²) < 4.78 is 0. The van der Waals surface area contributed by atoms with E-state index in [0.29, 0.717) is 6.04 Å². The van der Waals surface area contributed by atoms with E-state index < -0.39 is 0 Å². The van der Waals surface area contributed by atoms with Gasteiger partial charge in [-0.05, 0) is 50.3 Å². The maximum absolute atomic E-state index is 3.62. The maximum atomic E-state index is 3.62. The van der Waals surface area contributed by atoms with E-state index in [2.05, 4.69) is 55.3 Å². The number of nitrogens with zero attached hydrogens (tertiary/aromatic N) is 1. The third kappa shape index (κ3) is 3.54. The second-order valence-corrected chi connectivity index (χ2v) is 5.91. The van der Waals surface area contributed by atoms with Gasteiger partial charge in [0, 0.05) is 24.8 Å². The molecule has 1 aromatic carbocycles. The van der Waals surface area contributed by atoms with Crippen LogP contribution in [0.2, 0.25) is 0 Å². The molecule has 1 aromatic rings. The lowest BCUT2D eigenvalue weighted by Gasteiger charge is -2.35. The van der Waals surface area contributed by atoms with E-state index >= 15 is 0 Å². The molecular formula is C18H30N2. The Hall–Kier alpha value is -1.02. The SMILES string of the molecule is CCNC(CC)c1ccccc1N(CC)CC1CCC1. The fraction of sp³-hybridized carbons (Fsp3) is 0.667. The molecule has 2 rings (SSSR count). The lowest BCUT2D eigenvalue weighted by Crippen LogP contribution is -2.34. The Labute approximate surface area is 124 Å². The molecule has 1 N–H and O–H groups in total. The highest BCUT2D eigenvalue weighted by Gasteiger charge is 2.22. The van der Waals surface area contributed by atoms with Crippen LogP contribution in [0, 0.1) is 5.92 Å². The van der Waals surface area contributed by atoms with E-state index in [1.165, 1.54) is 37.1 Å². The van der Waals surface area contributed by atoms with Crippen LogP contribution in [-0.2, 0) is 0 Å². The normalized spacial score (nSPS) is 16.8. The molecule has 0 bridgehead atoms. The van der Waals surface area contributed by atoms with E-state index in [9.17, 15) is 0 Å². The number of nitrogens with one attached hydrogen (secondary N) is 1. The zero-order valence-electron chi connectivity index (χ0n) is 13.4. The Morgan fingerprint density at radius 1 is 1.20 bits per heavy atom. The van der Waals surface area contributed by atoms with Crippen molar-refractivity contribution in [2.75, 3.05) is 24.5 Å². The number of para-hydroxylation sites is 1. The number of hydrogen-bond donors (Lipinski definition) is 1. The summed E-state index contributed by atoms with van der Waals surface area (Å²) in [5.74, 6) is 0.919. The fourth-order valence-electron chi connectivity index (χ4n) is 3.18. The van der Waals surface area contributed by atoms with Gasteiger partial charge in [-0.3, -0.25) is 0 Å². The van der Waals surface area contributed by atoms with Gasteiger partial charge >= 0.3 is 0 Å². The van der Waals surface area contributed by atoms with Crippen LogP contribution in [0.5, 0.6) is 0 Å². The van der Waals surface area contributed by atoms with Crippen molar-refractivity contribution in [1.82, 2.24) is 5.32 Å². The Kier molecular flexibility index (Phi) is 5.90. The Balaban J connectivity index is 2.19. The summed E-state index contributed by atoms with van der Waals surface area (Å²) in [7, 11) is 0. The van der Waals surface area contributed by atoms with Crippen LogP contribution < -0.4 is 10.2 Å². The summed E-state index contributed by atoms with van der Waals surface area (Å²) in [5, 5.41) is 3.62. The zero-order chi connectivity index (χ0) is 14.4. The van der Waals surface area contributed by atoms with E-state index in [0.717, 1.165) is 25.4 Å². The monoisotopic (exact) mass is 274 g/mol. The number of rotatable bonds is 8. The topological polar surface area (TPSA) is 15.3 Å². The van der Waals surface area contributed by atoms with Gasteiger partial charge in [0.1, 0.15) is 0 Å². The second-order valence-electron chi connectivity index (χ2n) is 5.91. The highest BCUT2D eigenvalue weighted by Crippen LogP contribution is 2.32. The minimum Gasteiger partial charge on any atom is -0.371 e. The van der Waals surface area contributed by atoms with Crippen molar-refractivity contribution >= 4 is 5.69 Å².